The van der Waals surface area contributed by atoms with E-state index in [1.54, 1.807) is 33.5 Å². The van der Waals surface area contributed by atoms with Gasteiger partial charge in [-0.15, -0.1) is 0 Å². The second kappa shape index (κ2) is 10.9. The van der Waals surface area contributed by atoms with Crippen LogP contribution in [0.5, 0.6) is 23.0 Å². The van der Waals surface area contributed by atoms with Crippen molar-refractivity contribution in [3.63, 3.8) is 0 Å². The van der Waals surface area contributed by atoms with Gasteiger partial charge in [0.15, 0.2) is 17.5 Å². The number of phenolic OH excluding ortho intramolecular Hbond substituents is 1. The van der Waals surface area contributed by atoms with Crippen LogP contribution in [0.4, 0.5) is 0 Å². The van der Waals surface area contributed by atoms with Crippen molar-refractivity contribution in [2.75, 3.05) is 34.4 Å². The van der Waals surface area contributed by atoms with Crippen LogP contribution in [0.3, 0.4) is 0 Å². The minimum absolute atomic E-state index is 0.278. The molecule has 0 radical (unpaired) electrons. The Bertz CT molecular complexity index is 768. The summed E-state index contributed by atoms with van der Waals surface area (Å²) in [6.45, 7) is 3.93. The lowest BCUT2D eigenvalue weighted by Crippen LogP contribution is -2.38. The Morgan fingerprint density at radius 3 is 2.25 bits per heavy atom. The van der Waals surface area contributed by atoms with Crippen molar-refractivity contribution < 1.29 is 19.3 Å². The van der Waals surface area contributed by atoms with Crippen molar-refractivity contribution in [2.45, 2.75) is 19.9 Å². The zero-order valence-corrected chi connectivity index (χ0v) is 16.9. The third-order valence-electron chi connectivity index (χ3n) is 4.11. The van der Waals surface area contributed by atoms with Crippen molar-refractivity contribution in [1.82, 2.24) is 10.6 Å². The van der Waals surface area contributed by atoms with Gasteiger partial charge in [0.05, 0.1) is 27.9 Å². The highest BCUT2D eigenvalue weighted by molar-refractivity contribution is 5.79. The molecule has 0 unspecified atom stereocenters. The van der Waals surface area contributed by atoms with Gasteiger partial charge in [0.25, 0.3) is 0 Å². The van der Waals surface area contributed by atoms with E-state index in [2.05, 4.69) is 15.6 Å². The molecule has 7 nitrogen and oxygen atoms in total. The average Bonchev–Trinajstić information content (AvgIpc) is 2.71. The zero-order valence-electron chi connectivity index (χ0n) is 16.9. The van der Waals surface area contributed by atoms with E-state index < -0.39 is 0 Å². The second-order valence-corrected chi connectivity index (χ2v) is 6.08. The largest absolute Gasteiger partial charge is 0.508 e. The maximum atomic E-state index is 9.55. The Morgan fingerprint density at radius 2 is 1.68 bits per heavy atom. The number of aliphatic imine (C=N–C) groups is 1. The van der Waals surface area contributed by atoms with Gasteiger partial charge in [0, 0.05) is 13.1 Å². The molecule has 0 fully saturated rings. The van der Waals surface area contributed by atoms with Crippen molar-refractivity contribution in [3.8, 4) is 23.0 Å². The monoisotopic (exact) mass is 387 g/mol. The maximum Gasteiger partial charge on any atom is 0.203 e. The summed E-state index contributed by atoms with van der Waals surface area (Å²) < 4.78 is 16.1. The standard InChI is InChI=1S/C21H29N3O4/c1-5-22-21(23-10-9-15-7-6-8-17(25)11-15)24-14-16-12-18(26-2)20(28-4)19(13-16)27-3/h6-8,11-13,25H,5,9-10,14H2,1-4H3,(H2,22,23,24). The van der Waals surface area contributed by atoms with Gasteiger partial charge >= 0.3 is 0 Å². The minimum atomic E-state index is 0.278. The van der Waals surface area contributed by atoms with E-state index in [-0.39, 0.29) is 5.75 Å². The zero-order chi connectivity index (χ0) is 20.4. The number of rotatable bonds is 9. The molecule has 0 amide bonds. The van der Waals surface area contributed by atoms with E-state index >= 15 is 0 Å². The molecule has 3 N–H and O–H groups in total. The van der Waals surface area contributed by atoms with Crippen LogP contribution in [0, 0.1) is 0 Å². The fraction of sp³-hybridized carbons (Fsp3) is 0.381. The number of phenols is 1. The summed E-state index contributed by atoms with van der Waals surface area (Å²) in [5, 5.41) is 16.1. The Kier molecular flexibility index (Phi) is 8.27. The van der Waals surface area contributed by atoms with Crippen LogP contribution in [-0.2, 0) is 13.0 Å². The summed E-state index contributed by atoms with van der Waals surface area (Å²) >= 11 is 0. The normalized spacial score (nSPS) is 11.1. The topological polar surface area (TPSA) is 84.3 Å². The lowest BCUT2D eigenvalue weighted by atomic mass is 10.1. The van der Waals surface area contributed by atoms with Crippen LogP contribution in [0.2, 0.25) is 0 Å². The number of nitrogens with one attached hydrogen (secondary N) is 2. The van der Waals surface area contributed by atoms with Gasteiger partial charge < -0.3 is 30.0 Å². The van der Waals surface area contributed by atoms with E-state index in [4.69, 9.17) is 14.2 Å². The summed E-state index contributed by atoms with van der Waals surface area (Å²) in [4.78, 5) is 4.63. The molecule has 0 aromatic heterocycles. The number of hydrogen-bond acceptors (Lipinski definition) is 5. The quantitative estimate of drug-likeness (QED) is 0.453. The van der Waals surface area contributed by atoms with Gasteiger partial charge in [-0.2, -0.15) is 0 Å². The van der Waals surface area contributed by atoms with Gasteiger partial charge in [0.1, 0.15) is 5.75 Å². The van der Waals surface area contributed by atoms with E-state index in [1.165, 1.54) is 0 Å². The summed E-state index contributed by atoms with van der Waals surface area (Å²) in [6.07, 6.45) is 0.781. The molecule has 7 heteroatoms. The van der Waals surface area contributed by atoms with Gasteiger partial charge in [0.2, 0.25) is 5.75 Å². The Balaban J connectivity index is 2.05. The molecular formula is C21H29N3O4. The Labute approximate surface area is 166 Å². The van der Waals surface area contributed by atoms with E-state index in [0.29, 0.717) is 30.3 Å². The first-order valence-corrected chi connectivity index (χ1v) is 9.20. The van der Waals surface area contributed by atoms with Crippen molar-refractivity contribution in [1.29, 1.82) is 0 Å². The molecule has 2 aromatic carbocycles. The van der Waals surface area contributed by atoms with Crippen LogP contribution in [0.1, 0.15) is 18.1 Å². The Hall–Kier alpha value is -3.09. The number of nitrogens with zero attached hydrogens (tertiary/aromatic N) is 1. The van der Waals surface area contributed by atoms with Gasteiger partial charge in [-0.3, -0.25) is 0 Å². The van der Waals surface area contributed by atoms with E-state index in [1.807, 2.05) is 31.2 Å². The number of methoxy groups -OCH3 is 3. The third-order valence-corrected chi connectivity index (χ3v) is 4.11. The van der Waals surface area contributed by atoms with Crippen LogP contribution >= 0.6 is 0 Å². The van der Waals surface area contributed by atoms with Crippen LogP contribution in [0.15, 0.2) is 41.4 Å². The molecule has 0 atom stereocenters. The van der Waals surface area contributed by atoms with Crippen molar-refractivity contribution >= 4 is 5.96 Å². The van der Waals surface area contributed by atoms with Gasteiger partial charge in [-0.25, -0.2) is 4.99 Å². The third kappa shape index (κ3) is 5.97. The summed E-state index contributed by atoms with van der Waals surface area (Å²) in [5.41, 5.74) is 2.01. The highest BCUT2D eigenvalue weighted by Gasteiger charge is 2.13. The Morgan fingerprint density at radius 1 is 0.964 bits per heavy atom. The number of guanidine groups is 1. The first-order valence-electron chi connectivity index (χ1n) is 9.20. The molecule has 28 heavy (non-hydrogen) atoms. The first kappa shape index (κ1) is 21.2. The van der Waals surface area contributed by atoms with Crippen LogP contribution in [0.25, 0.3) is 0 Å². The van der Waals surface area contributed by atoms with Crippen molar-refractivity contribution in [2.24, 2.45) is 4.99 Å². The lowest BCUT2D eigenvalue weighted by molar-refractivity contribution is 0.324. The fourth-order valence-electron chi connectivity index (χ4n) is 2.78. The molecule has 152 valence electrons. The molecule has 0 bridgehead atoms. The molecule has 0 aliphatic rings. The molecule has 0 heterocycles. The number of aromatic hydroxyl groups is 1. The first-order chi connectivity index (χ1) is 13.6. The predicted molar refractivity (Wildman–Crippen MR) is 111 cm³/mol. The highest BCUT2D eigenvalue weighted by atomic mass is 16.5. The molecule has 0 aliphatic carbocycles. The minimum Gasteiger partial charge on any atom is -0.508 e. The van der Waals surface area contributed by atoms with Gasteiger partial charge in [-0.1, -0.05) is 12.1 Å². The maximum absolute atomic E-state index is 9.55. The average molecular weight is 387 g/mol. The highest BCUT2D eigenvalue weighted by Crippen LogP contribution is 2.38. The molecule has 0 saturated heterocycles. The molecule has 0 aliphatic heterocycles. The SMILES string of the molecule is CCNC(=NCc1cc(OC)c(OC)c(OC)c1)NCCc1cccc(O)c1. The van der Waals surface area contributed by atoms with Gasteiger partial charge in [-0.05, 0) is 48.7 Å². The molecule has 0 spiro atoms. The molecule has 0 saturated carbocycles. The van der Waals surface area contributed by atoms with E-state index in [9.17, 15) is 5.11 Å². The van der Waals surface area contributed by atoms with Crippen LogP contribution in [-0.4, -0.2) is 45.5 Å². The van der Waals surface area contributed by atoms with E-state index in [0.717, 1.165) is 30.1 Å². The van der Waals surface area contributed by atoms with Crippen molar-refractivity contribution in [3.05, 3.63) is 47.5 Å². The number of ether oxygens (including phenoxy) is 3. The molecular weight excluding hydrogens is 358 g/mol. The smallest absolute Gasteiger partial charge is 0.203 e. The summed E-state index contributed by atoms with van der Waals surface area (Å²) in [6, 6.07) is 11.0. The van der Waals surface area contributed by atoms with Crippen LogP contribution < -0.4 is 24.8 Å². The lowest BCUT2D eigenvalue weighted by Gasteiger charge is -2.14. The summed E-state index contributed by atoms with van der Waals surface area (Å²) in [5.74, 6) is 2.77. The summed E-state index contributed by atoms with van der Waals surface area (Å²) in [7, 11) is 4.77. The predicted octanol–water partition coefficient (Wildman–Crippen LogP) is 2.72. The fourth-order valence-corrected chi connectivity index (χ4v) is 2.78. The number of hydrogen-bond donors (Lipinski definition) is 3. The molecule has 2 aromatic rings. The second-order valence-electron chi connectivity index (χ2n) is 6.08. The molecule has 2 rings (SSSR count). The number of benzene rings is 2.